The molecule has 4 rings (SSSR count). The highest BCUT2D eigenvalue weighted by Gasteiger charge is 2.61. The number of rotatable bonds is 2. The molecule has 1 aromatic carbocycles. The fraction of sp³-hybridized carbons (Fsp3) is 0.684. The Balaban J connectivity index is 1.57. The molecular formula is C19H26FN. The van der Waals surface area contributed by atoms with E-state index in [4.69, 9.17) is 0 Å². The van der Waals surface area contributed by atoms with Crippen LogP contribution in [0.5, 0.6) is 0 Å². The van der Waals surface area contributed by atoms with Crippen LogP contribution in [0.4, 0.5) is 4.39 Å². The summed E-state index contributed by atoms with van der Waals surface area (Å²) in [7, 11) is 0. The molecular weight excluding hydrogens is 261 g/mol. The van der Waals surface area contributed by atoms with E-state index in [0.717, 1.165) is 18.8 Å². The summed E-state index contributed by atoms with van der Waals surface area (Å²) in [6.07, 6.45) is 6.20. The lowest BCUT2D eigenvalue weighted by atomic mass is 9.69. The van der Waals surface area contributed by atoms with Gasteiger partial charge in [0.1, 0.15) is 5.82 Å². The summed E-state index contributed by atoms with van der Waals surface area (Å²) in [6, 6.07) is 6.38. The summed E-state index contributed by atoms with van der Waals surface area (Å²) in [5.74, 6) is 0.775. The molecule has 21 heavy (non-hydrogen) atoms. The molecule has 0 heterocycles. The van der Waals surface area contributed by atoms with Crippen molar-refractivity contribution in [2.75, 3.05) is 0 Å². The highest BCUT2D eigenvalue weighted by molar-refractivity contribution is 5.35. The summed E-state index contributed by atoms with van der Waals surface area (Å²) in [5.41, 5.74) is 3.41. The van der Waals surface area contributed by atoms with Crippen LogP contribution in [0.3, 0.4) is 0 Å². The van der Waals surface area contributed by atoms with Crippen LogP contribution in [-0.4, -0.2) is 6.04 Å². The Hall–Kier alpha value is -0.890. The van der Waals surface area contributed by atoms with Crippen molar-refractivity contribution >= 4 is 0 Å². The van der Waals surface area contributed by atoms with Gasteiger partial charge < -0.3 is 5.32 Å². The number of nitrogens with one attached hydrogen (secondary N) is 1. The van der Waals surface area contributed by atoms with Gasteiger partial charge in [-0.15, -0.1) is 0 Å². The smallest absolute Gasteiger partial charge is 0.123 e. The van der Waals surface area contributed by atoms with E-state index >= 15 is 0 Å². The molecule has 2 saturated carbocycles. The molecule has 1 aromatic rings. The van der Waals surface area contributed by atoms with E-state index in [2.05, 4.69) is 26.1 Å². The van der Waals surface area contributed by atoms with Gasteiger partial charge in [0.15, 0.2) is 0 Å². The Morgan fingerprint density at radius 3 is 2.67 bits per heavy atom. The molecule has 0 aromatic heterocycles. The number of halogens is 1. The van der Waals surface area contributed by atoms with Gasteiger partial charge in [-0.25, -0.2) is 4.39 Å². The quantitative estimate of drug-likeness (QED) is 0.837. The molecule has 3 aliphatic carbocycles. The highest BCUT2D eigenvalue weighted by Crippen LogP contribution is 2.65. The van der Waals surface area contributed by atoms with Crippen LogP contribution >= 0.6 is 0 Å². The van der Waals surface area contributed by atoms with Crippen molar-refractivity contribution in [3.05, 3.63) is 35.1 Å². The highest BCUT2D eigenvalue weighted by atomic mass is 19.1. The molecule has 4 unspecified atom stereocenters. The minimum atomic E-state index is -0.0950. The molecule has 0 spiro atoms. The average molecular weight is 287 g/mol. The van der Waals surface area contributed by atoms with Gasteiger partial charge in [-0.1, -0.05) is 26.8 Å². The van der Waals surface area contributed by atoms with E-state index in [1.54, 1.807) is 12.1 Å². The molecule has 1 nitrogen and oxygen atoms in total. The number of fused-ring (bicyclic) bond motifs is 3. The zero-order valence-electron chi connectivity index (χ0n) is 13.4. The topological polar surface area (TPSA) is 12.0 Å². The molecule has 3 aliphatic rings. The molecule has 114 valence electrons. The van der Waals surface area contributed by atoms with E-state index in [9.17, 15) is 4.39 Å². The monoisotopic (exact) mass is 287 g/mol. The molecule has 4 atom stereocenters. The second-order valence-electron chi connectivity index (χ2n) is 8.26. The van der Waals surface area contributed by atoms with Gasteiger partial charge in [0, 0.05) is 12.1 Å². The van der Waals surface area contributed by atoms with Crippen LogP contribution in [-0.2, 0) is 6.42 Å². The second kappa shape index (κ2) is 4.32. The largest absolute Gasteiger partial charge is 0.307 e. The number of benzene rings is 1. The van der Waals surface area contributed by atoms with E-state index in [1.165, 1.54) is 30.4 Å². The second-order valence-corrected chi connectivity index (χ2v) is 8.26. The molecule has 2 heteroatoms. The van der Waals surface area contributed by atoms with E-state index in [0.29, 0.717) is 22.9 Å². The van der Waals surface area contributed by atoms with E-state index in [-0.39, 0.29) is 5.82 Å². The lowest BCUT2D eigenvalue weighted by Gasteiger charge is -2.41. The van der Waals surface area contributed by atoms with Gasteiger partial charge in [-0.05, 0) is 72.1 Å². The predicted molar refractivity (Wildman–Crippen MR) is 83.6 cm³/mol. The zero-order chi connectivity index (χ0) is 14.8. The maximum absolute atomic E-state index is 13.4. The van der Waals surface area contributed by atoms with Crippen molar-refractivity contribution in [3.8, 4) is 0 Å². The van der Waals surface area contributed by atoms with Gasteiger partial charge in [0.2, 0.25) is 0 Å². The first-order valence-corrected chi connectivity index (χ1v) is 8.46. The van der Waals surface area contributed by atoms with Crippen LogP contribution in [0.15, 0.2) is 18.2 Å². The average Bonchev–Trinajstić information content (AvgIpc) is 2.98. The van der Waals surface area contributed by atoms with Gasteiger partial charge >= 0.3 is 0 Å². The van der Waals surface area contributed by atoms with Crippen LogP contribution in [0.25, 0.3) is 0 Å². The normalized spacial score (nSPS) is 39.7. The molecule has 1 N–H and O–H groups in total. The maximum Gasteiger partial charge on any atom is 0.123 e. The Morgan fingerprint density at radius 2 is 2.00 bits per heavy atom. The summed E-state index contributed by atoms with van der Waals surface area (Å²) in [4.78, 5) is 0. The summed E-state index contributed by atoms with van der Waals surface area (Å²) >= 11 is 0. The molecule has 2 fully saturated rings. The van der Waals surface area contributed by atoms with Crippen LogP contribution < -0.4 is 5.32 Å². The minimum absolute atomic E-state index is 0.0950. The van der Waals surface area contributed by atoms with Crippen molar-refractivity contribution in [3.63, 3.8) is 0 Å². The number of hydrogen-bond donors (Lipinski definition) is 1. The zero-order valence-corrected chi connectivity index (χ0v) is 13.4. The third-order valence-electron chi connectivity index (χ3n) is 7.38. The summed E-state index contributed by atoms with van der Waals surface area (Å²) < 4.78 is 13.4. The van der Waals surface area contributed by atoms with Crippen LogP contribution in [0.2, 0.25) is 0 Å². The van der Waals surface area contributed by atoms with Gasteiger partial charge in [-0.2, -0.15) is 0 Å². The maximum atomic E-state index is 13.4. The molecule has 0 amide bonds. The fourth-order valence-corrected chi connectivity index (χ4v) is 5.46. The Kier molecular flexibility index (Phi) is 2.83. The van der Waals surface area contributed by atoms with Crippen LogP contribution in [0.1, 0.15) is 63.6 Å². The first-order valence-electron chi connectivity index (χ1n) is 8.46. The SMILES string of the molecule is CC1(C)C2CCC1(C)C(NC1CCc3cc(F)ccc31)C2. The Labute approximate surface area is 127 Å². The third-order valence-corrected chi connectivity index (χ3v) is 7.38. The van der Waals surface area contributed by atoms with Crippen molar-refractivity contribution in [2.24, 2.45) is 16.7 Å². The fourth-order valence-electron chi connectivity index (χ4n) is 5.46. The van der Waals surface area contributed by atoms with Crippen molar-refractivity contribution in [1.29, 1.82) is 0 Å². The molecule has 0 saturated heterocycles. The first-order chi connectivity index (χ1) is 9.92. The minimum Gasteiger partial charge on any atom is -0.307 e. The summed E-state index contributed by atoms with van der Waals surface area (Å²) in [6.45, 7) is 7.41. The first kappa shape index (κ1) is 13.8. The van der Waals surface area contributed by atoms with Crippen LogP contribution in [0, 0.1) is 22.6 Å². The standard InChI is InChI=1S/C19H26FN/c1-18(2)13-8-9-19(18,3)17(11-13)21-16-7-4-12-10-14(20)5-6-15(12)16/h5-6,10,13,16-17,21H,4,7-9,11H2,1-3H3. The molecule has 2 bridgehead atoms. The lowest BCUT2D eigenvalue weighted by Crippen LogP contribution is -2.45. The molecule has 0 radical (unpaired) electrons. The van der Waals surface area contributed by atoms with Gasteiger partial charge in [0.25, 0.3) is 0 Å². The van der Waals surface area contributed by atoms with Crippen molar-refractivity contribution < 1.29 is 4.39 Å². The third kappa shape index (κ3) is 1.78. The predicted octanol–water partition coefficient (Wildman–Crippen LogP) is 4.62. The number of hydrogen-bond acceptors (Lipinski definition) is 1. The Morgan fingerprint density at radius 1 is 1.19 bits per heavy atom. The van der Waals surface area contributed by atoms with Gasteiger partial charge in [0.05, 0.1) is 0 Å². The lowest BCUT2D eigenvalue weighted by molar-refractivity contribution is 0.115. The van der Waals surface area contributed by atoms with Crippen molar-refractivity contribution in [2.45, 2.75) is 65.0 Å². The molecule has 0 aliphatic heterocycles. The van der Waals surface area contributed by atoms with E-state index in [1.807, 2.05) is 6.07 Å². The Bertz CT molecular complexity index is 579. The van der Waals surface area contributed by atoms with Crippen molar-refractivity contribution in [1.82, 2.24) is 5.32 Å². The van der Waals surface area contributed by atoms with E-state index < -0.39 is 0 Å². The van der Waals surface area contributed by atoms with Gasteiger partial charge in [-0.3, -0.25) is 0 Å². The number of aryl methyl sites for hydroxylation is 1. The summed E-state index contributed by atoms with van der Waals surface area (Å²) in [5, 5.41) is 3.96.